The second kappa shape index (κ2) is 7.26. The van der Waals surface area contributed by atoms with Crippen LogP contribution in [0.3, 0.4) is 0 Å². The highest BCUT2D eigenvalue weighted by Gasteiger charge is 2.10. The monoisotopic (exact) mass is 354 g/mol. The molecule has 26 heavy (non-hydrogen) atoms. The van der Waals surface area contributed by atoms with Gasteiger partial charge in [0.2, 0.25) is 5.95 Å². The van der Waals surface area contributed by atoms with E-state index in [1.807, 2.05) is 32.0 Å². The number of amides is 1. The molecule has 7 heteroatoms. The third-order valence-corrected chi connectivity index (χ3v) is 3.73. The summed E-state index contributed by atoms with van der Waals surface area (Å²) >= 11 is 0. The van der Waals surface area contributed by atoms with Gasteiger partial charge in [0.05, 0.1) is 5.56 Å². The van der Waals surface area contributed by atoms with Crippen LogP contribution in [0.4, 0.5) is 26.1 Å². The van der Waals surface area contributed by atoms with Crippen molar-refractivity contribution < 1.29 is 13.6 Å². The molecule has 1 aromatic heterocycles. The average Bonchev–Trinajstić information content (AvgIpc) is 2.62. The highest BCUT2D eigenvalue weighted by atomic mass is 19.2. The van der Waals surface area contributed by atoms with Crippen molar-refractivity contribution in [2.75, 3.05) is 10.6 Å². The summed E-state index contributed by atoms with van der Waals surface area (Å²) in [5.74, 6) is -2.08. The number of benzene rings is 2. The fourth-order valence-electron chi connectivity index (χ4n) is 2.28. The third kappa shape index (κ3) is 4.00. The molecule has 5 nitrogen and oxygen atoms in total. The van der Waals surface area contributed by atoms with Crippen LogP contribution in [-0.4, -0.2) is 15.9 Å². The Morgan fingerprint density at radius 2 is 1.69 bits per heavy atom. The van der Waals surface area contributed by atoms with Crippen molar-refractivity contribution in [3.63, 3.8) is 0 Å². The lowest BCUT2D eigenvalue weighted by Crippen LogP contribution is -2.14. The van der Waals surface area contributed by atoms with Gasteiger partial charge < -0.3 is 10.6 Å². The molecule has 1 heterocycles. The Bertz CT molecular complexity index is 958. The van der Waals surface area contributed by atoms with E-state index in [9.17, 15) is 13.6 Å². The van der Waals surface area contributed by atoms with Crippen molar-refractivity contribution in [3.05, 3.63) is 77.1 Å². The van der Waals surface area contributed by atoms with Gasteiger partial charge in [-0.05, 0) is 43.2 Å². The molecule has 1 amide bonds. The first-order valence-corrected chi connectivity index (χ1v) is 7.85. The van der Waals surface area contributed by atoms with Crippen LogP contribution >= 0.6 is 0 Å². The predicted octanol–water partition coefficient (Wildman–Crippen LogP) is 4.37. The number of hydrogen-bond acceptors (Lipinski definition) is 4. The molecule has 0 aliphatic carbocycles. The SMILES string of the molecule is Cc1ccc(C)c(NC(=O)c2cnc(Nc3ccc(F)c(F)c3)nc2)c1. The molecule has 132 valence electrons. The molecular weight excluding hydrogens is 338 g/mol. The minimum Gasteiger partial charge on any atom is -0.324 e. The summed E-state index contributed by atoms with van der Waals surface area (Å²) in [4.78, 5) is 20.4. The van der Waals surface area contributed by atoms with Crippen LogP contribution in [0.5, 0.6) is 0 Å². The molecule has 3 aromatic rings. The molecule has 0 aliphatic rings. The van der Waals surface area contributed by atoms with E-state index in [-0.39, 0.29) is 17.4 Å². The third-order valence-electron chi connectivity index (χ3n) is 3.73. The largest absolute Gasteiger partial charge is 0.324 e. The number of carbonyl (C=O) groups is 1. The van der Waals surface area contributed by atoms with E-state index in [2.05, 4.69) is 20.6 Å². The average molecular weight is 354 g/mol. The van der Waals surface area contributed by atoms with Crippen molar-refractivity contribution in [2.24, 2.45) is 0 Å². The number of hydrogen-bond donors (Lipinski definition) is 2. The number of carbonyl (C=O) groups excluding carboxylic acids is 1. The Balaban J connectivity index is 1.71. The molecular formula is C19H16F2N4O. The maximum Gasteiger partial charge on any atom is 0.258 e. The Labute approximate surface area is 149 Å². The normalized spacial score (nSPS) is 10.5. The van der Waals surface area contributed by atoms with Crippen LogP contribution in [-0.2, 0) is 0 Å². The first kappa shape index (κ1) is 17.5. The number of rotatable bonds is 4. The summed E-state index contributed by atoms with van der Waals surface area (Å²) in [5, 5.41) is 5.56. The zero-order chi connectivity index (χ0) is 18.7. The van der Waals surface area contributed by atoms with Crippen LogP contribution in [0.25, 0.3) is 0 Å². The minimum absolute atomic E-state index is 0.166. The molecule has 0 spiro atoms. The zero-order valence-corrected chi connectivity index (χ0v) is 14.2. The van der Waals surface area contributed by atoms with Gasteiger partial charge in [0.15, 0.2) is 11.6 Å². The molecule has 0 saturated heterocycles. The predicted molar refractivity (Wildman–Crippen MR) is 95.5 cm³/mol. The van der Waals surface area contributed by atoms with Crippen molar-refractivity contribution in [2.45, 2.75) is 13.8 Å². The van der Waals surface area contributed by atoms with Crippen LogP contribution in [0, 0.1) is 25.5 Å². The standard InChI is InChI=1S/C19H16F2N4O/c1-11-3-4-12(2)17(7-11)25-18(26)13-9-22-19(23-10-13)24-14-5-6-15(20)16(21)8-14/h3-10H,1-2H3,(H,25,26)(H,22,23,24). The van der Waals surface area contributed by atoms with Crippen molar-refractivity contribution >= 4 is 23.2 Å². The van der Waals surface area contributed by atoms with Crippen LogP contribution in [0.15, 0.2) is 48.8 Å². The van der Waals surface area contributed by atoms with Gasteiger partial charge in [0, 0.05) is 29.8 Å². The van der Waals surface area contributed by atoms with Crippen molar-refractivity contribution in [1.29, 1.82) is 0 Å². The van der Waals surface area contributed by atoms with Crippen molar-refractivity contribution in [3.8, 4) is 0 Å². The molecule has 2 aromatic carbocycles. The van der Waals surface area contributed by atoms with E-state index in [1.165, 1.54) is 18.5 Å². The lowest BCUT2D eigenvalue weighted by Gasteiger charge is -2.10. The summed E-state index contributed by atoms with van der Waals surface area (Å²) in [6.07, 6.45) is 2.71. The van der Waals surface area contributed by atoms with Gasteiger partial charge >= 0.3 is 0 Å². The number of nitrogens with one attached hydrogen (secondary N) is 2. The van der Waals surface area contributed by atoms with E-state index < -0.39 is 11.6 Å². The fraction of sp³-hybridized carbons (Fsp3) is 0.105. The van der Waals surface area contributed by atoms with Crippen LogP contribution in [0.2, 0.25) is 0 Å². The molecule has 0 saturated carbocycles. The summed E-state index contributed by atoms with van der Waals surface area (Å²) in [5.41, 5.74) is 3.28. The summed E-state index contributed by atoms with van der Waals surface area (Å²) < 4.78 is 26.1. The molecule has 0 atom stereocenters. The van der Waals surface area contributed by atoms with E-state index in [0.29, 0.717) is 5.69 Å². The van der Waals surface area contributed by atoms with Crippen LogP contribution < -0.4 is 10.6 Å². The molecule has 0 bridgehead atoms. The van der Waals surface area contributed by atoms with Gasteiger partial charge in [-0.15, -0.1) is 0 Å². The van der Waals surface area contributed by atoms with E-state index >= 15 is 0 Å². The summed E-state index contributed by atoms with van der Waals surface area (Å²) in [6.45, 7) is 3.84. The quantitative estimate of drug-likeness (QED) is 0.730. The van der Waals surface area contributed by atoms with Crippen molar-refractivity contribution in [1.82, 2.24) is 9.97 Å². The maximum atomic E-state index is 13.2. The van der Waals surface area contributed by atoms with Gasteiger partial charge in [-0.1, -0.05) is 12.1 Å². The van der Waals surface area contributed by atoms with Gasteiger partial charge in [-0.3, -0.25) is 4.79 Å². The number of halogens is 2. The molecule has 0 fully saturated rings. The number of anilines is 3. The topological polar surface area (TPSA) is 66.9 Å². The van der Waals surface area contributed by atoms with Crippen LogP contribution in [0.1, 0.15) is 21.5 Å². The summed E-state index contributed by atoms with van der Waals surface area (Å²) in [6, 6.07) is 9.14. The Kier molecular flexibility index (Phi) is 4.88. The highest BCUT2D eigenvalue weighted by molar-refractivity contribution is 6.04. The second-order valence-electron chi connectivity index (χ2n) is 5.82. The molecule has 3 rings (SSSR count). The van der Waals surface area contributed by atoms with Gasteiger partial charge in [-0.2, -0.15) is 0 Å². The zero-order valence-electron chi connectivity index (χ0n) is 14.2. The Morgan fingerprint density at radius 1 is 0.962 bits per heavy atom. The molecule has 0 radical (unpaired) electrons. The molecule has 0 aliphatic heterocycles. The lowest BCUT2D eigenvalue weighted by molar-refractivity contribution is 0.102. The number of nitrogens with zero attached hydrogens (tertiary/aromatic N) is 2. The van der Waals surface area contributed by atoms with Gasteiger partial charge in [-0.25, -0.2) is 18.7 Å². The van der Waals surface area contributed by atoms with E-state index in [0.717, 1.165) is 28.9 Å². The number of aryl methyl sites for hydroxylation is 2. The minimum atomic E-state index is -0.973. The maximum absolute atomic E-state index is 13.2. The first-order valence-electron chi connectivity index (χ1n) is 7.85. The van der Waals surface area contributed by atoms with E-state index in [1.54, 1.807) is 0 Å². The summed E-state index contributed by atoms with van der Waals surface area (Å²) in [7, 11) is 0. The first-order chi connectivity index (χ1) is 12.4. The smallest absolute Gasteiger partial charge is 0.258 e. The second-order valence-corrected chi connectivity index (χ2v) is 5.82. The van der Waals surface area contributed by atoms with Gasteiger partial charge in [0.1, 0.15) is 0 Å². The lowest BCUT2D eigenvalue weighted by atomic mass is 10.1. The van der Waals surface area contributed by atoms with E-state index in [4.69, 9.17) is 0 Å². The number of aromatic nitrogens is 2. The molecule has 0 unspecified atom stereocenters. The Morgan fingerprint density at radius 3 is 2.38 bits per heavy atom. The Hall–Kier alpha value is -3.35. The highest BCUT2D eigenvalue weighted by Crippen LogP contribution is 2.18. The van der Waals surface area contributed by atoms with Gasteiger partial charge in [0.25, 0.3) is 5.91 Å². The molecule has 2 N–H and O–H groups in total. The fourth-order valence-corrected chi connectivity index (χ4v) is 2.28.